The molecule has 2 unspecified atom stereocenters. The van der Waals surface area contributed by atoms with E-state index in [0.717, 1.165) is 40.5 Å². The molecule has 25 heavy (non-hydrogen) atoms. The molecule has 2 aromatic rings. The van der Waals surface area contributed by atoms with Gasteiger partial charge in [0.1, 0.15) is 5.75 Å². The van der Waals surface area contributed by atoms with Gasteiger partial charge >= 0.3 is 0 Å². The highest BCUT2D eigenvalue weighted by atomic mass is 31.0. The van der Waals surface area contributed by atoms with Crippen LogP contribution in [0.1, 0.15) is 44.1 Å². The van der Waals surface area contributed by atoms with Gasteiger partial charge in [-0.25, -0.2) is 0 Å². The Bertz CT molecular complexity index is 703. The number of anilines is 1. The predicted octanol–water partition coefficient (Wildman–Crippen LogP) is 3.54. The Morgan fingerprint density at radius 1 is 0.960 bits per heavy atom. The molecule has 136 valence electrons. The fourth-order valence-electron chi connectivity index (χ4n) is 3.58. The quantitative estimate of drug-likeness (QED) is 0.554. The van der Waals surface area contributed by atoms with Gasteiger partial charge < -0.3 is 15.9 Å². The van der Waals surface area contributed by atoms with Crippen molar-refractivity contribution in [3.05, 3.63) is 35.9 Å². The van der Waals surface area contributed by atoms with Crippen LogP contribution in [-0.4, -0.2) is 17.3 Å². The van der Waals surface area contributed by atoms with Gasteiger partial charge in [0.05, 0.1) is 0 Å². The van der Waals surface area contributed by atoms with E-state index in [1.54, 1.807) is 6.07 Å². The number of aliphatic hydroxyl groups excluding tert-OH is 1. The molecule has 0 amide bonds. The van der Waals surface area contributed by atoms with Crippen molar-refractivity contribution in [2.45, 2.75) is 38.5 Å². The summed E-state index contributed by atoms with van der Waals surface area (Å²) in [5.74, 6) is 1.78. The SMILES string of the molecule is CC1CCC(c2cc(N)c(-c3ccc(O)c(P)c3)c(P)c2)CC1.CO. The Kier molecular flexibility index (Phi) is 7.25. The number of benzene rings is 2. The maximum absolute atomic E-state index is 9.71. The van der Waals surface area contributed by atoms with Crippen molar-refractivity contribution in [3.63, 3.8) is 0 Å². The highest BCUT2D eigenvalue weighted by molar-refractivity contribution is 7.28. The van der Waals surface area contributed by atoms with Gasteiger partial charge in [0, 0.05) is 23.7 Å². The van der Waals surface area contributed by atoms with Crippen LogP contribution in [0, 0.1) is 5.92 Å². The van der Waals surface area contributed by atoms with E-state index >= 15 is 0 Å². The van der Waals surface area contributed by atoms with Crippen LogP contribution >= 0.6 is 18.5 Å². The molecule has 0 saturated heterocycles. The zero-order valence-electron chi connectivity index (χ0n) is 15.0. The standard InChI is InChI=1S/C19H25NOP2.CH4O/c1-11-2-4-12(5-3-11)14-8-15(20)19(18(23)10-14)13-6-7-16(21)17(22)9-13;1-2/h6-12,21H,2-5,20,22-23H2,1H3;2H,1H3. The summed E-state index contributed by atoms with van der Waals surface area (Å²) in [7, 11) is 6.40. The first-order chi connectivity index (χ1) is 12.0. The van der Waals surface area contributed by atoms with Gasteiger partial charge in [-0.05, 0) is 59.3 Å². The molecule has 1 fully saturated rings. The summed E-state index contributed by atoms with van der Waals surface area (Å²) in [6.45, 7) is 2.35. The van der Waals surface area contributed by atoms with Crippen LogP contribution in [0.4, 0.5) is 5.69 Å². The largest absolute Gasteiger partial charge is 0.507 e. The average molecular weight is 377 g/mol. The molecular formula is C20H29NO2P2. The highest BCUT2D eigenvalue weighted by Gasteiger charge is 2.21. The zero-order valence-corrected chi connectivity index (χ0v) is 17.3. The second kappa shape index (κ2) is 8.99. The van der Waals surface area contributed by atoms with Crippen LogP contribution in [0.25, 0.3) is 11.1 Å². The molecule has 0 aliphatic heterocycles. The predicted molar refractivity (Wildman–Crippen MR) is 115 cm³/mol. The summed E-state index contributed by atoms with van der Waals surface area (Å²) >= 11 is 0. The van der Waals surface area contributed by atoms with Crippen LogP contribution < -0.4 is 16.3 Å². The second-order valence-electron chi connectivity index (χ2n) is 6.80. The lowest BCUT2D eigenvalue weighted by atomic mass is 9.79. The van der Waals surface area contributed by atoms with Gasteiger partial charge in [0.2, 0.25) is 0 Å². The number of nitrogen functional groups attached to an aromatic ring is 1. The maximum Gasteiger partial charge on any atom is 0.122 e. The molecule has 4 N–H and O–H groups in total. The molecule has 3 nitrogen and oxygen atoms in total. The van der Waals surface area contributed by atoms with E-state index in [1.165, 1.54) is 31.2 Å². The first-order valence-corrected chi connectivity index (χ1v) is 9.83. The first-order valence-electron chi connectivity index (χ1n) is 8.68. The molecule has 0 spiro atoms. The van der Waals surface area contributed by atoms with Crippen molar-refractivity contribution in [1.29, 1.82) is 0 Å². The number of hydrogen-bond acceptors (Lipinski definition) is 3. The Morgan fingerprint density at radius 2 is 1.60 bits per heavy atom. The molecule has 1 saturated carbocycles. The van der Waals surface area contributed by atoms with Crippen LogP contribution in [-0.2, 0) is 0 Å². The van der Waals surface area contributed by atoms with E-state index in [0.29, 0.717) is 5.92 Å². The Hall–Kier alpha value is -1.14. The average Bonchev–Trinajstić information content (AvgIpc) is 2.60. The van der Waals surface area contributed by atoms with Gasteiger partial charge in [-0.1, -0.05) is 31.9 Å². The molecule has 0 aromatic heterocycles. The number of aromatic hydroxyl groups is 1. The third kappa shape index (κ3) is 4.73. The Labute approximate surface area is 155 Å². The van der Waals surface area contributed by atoms with E-state index in [2.05, 4.69) is 37.5 Å². The normalized spacial score (nSPS) is 19.9. The third-order valence-corrected chi connectivity index (χ3v) is 5.94. The molecule has 1 aliphatic rings. The minimum atomic E-state index is 0.288. The molecule has 0 heterocycles. The molecule has 2 atom stereocenters. The lowest BCUT2D eigenvalue weighted by Crippen LogP contribution is -2.13. The zero-order chi connectivity index (χ0) is 18.6. The van der Waals surface area contributed by atoms with Crippen molar-refractivity contribution < 1.29 is 10.2 Å². The van der Waals surface area contributed by atoms with Crippen molar-refractivity contribution in [1.82, 2.24) is 0 Å². The Balaban J connectivity index is 0.00000109. The van der Waals surface area contributed by atoms with Crippen molar-refractivity contribution in [2.24, 2.45) is 5.92 Å². The third-order valence-electron chi connectivity index (χ3n) is 5.03. The van der Waals surface area contributed by atoms with Crippen LogP contribution in [0.5, 0.6) is 5.75 Å². The second-order valence-corrected chi connectivity index (χ2v) is 8.05. The van der Waals surface area contributed by atoms with Crippen molar-refractivity contribution >= 4 is 34.8 Å². The number of phenolic OH excluding ortho intramolecular Hbond substituents is 1. The number of aliphatic hydroxyl groups is 1. The number of hydrogen-bond donors (Lipinski definition) is 3. The summed E-state index contributed by atoms with van der Waals surface area (Å²) in [5, 5.41) is 18.6. The number of phenols is 1. The Morgan fingerprint density at radius 3 is 2.16 bits per heavy atom. The fourth-order valence-corrected chi connectivity index (χ4v) is 4.39. The summed E-state index contributed by atoms with van der Waals surface area (Å²) < 4.78 is 0. The molecular weight excluding hydrogens is 348 g/mol. The highest BCUT2D eigenvalue weighted by Crippen LogP contribution is 2.38. The smallest absolute Gasteiger partial charge is 0.122 e. The maximum atomic E-state index is 9.71. The minimum Gasteiger partial charge on any atom is -0.507 e. The summed E-state index contributed by atoms with van der Waals surface area (Å²) in [5.41, 5.74) is 10.7. The molecule has 0 bridgehead atoms. The van der Waals surface area contributed by atoms with Crippen molar-refractivity contribution in [2.75, 3.05) is 12.8 Å². The van der Waals surface area contributed by atoms with E-state index in [-0.39, 0.29) is 5.75 Å². The van der Waals surface area contributed by atoms with Gasteiger partial charge in [-0.2, -0.15) is 0 Å². The summed E-state index contributed by atoms with van der Waals surface area (Å²) in [6, 6.07) is 10.0. The lowest BCUT2D eigenvalue weighted by Gasteiger charge is -2.27. The van der Waals surface area contributed by atoms with Gasteiger partial charge in [-0.15, -0.1) is 18.5 Å². The molecule has 5 heteroatoms. The summed E-state index contributed by atoms with van der Waals surface area (Å²) in [6.07, 6.45) is 5.15. The van der Waals surface area contributed by atoms with Gasteiger partial charge in [-0.3, -0.25) is 0 Å². The molecule has 2 aromatic carbocycles. The van der Waals surface area contributed by atoms with E-state index in [1.807, 2.05) is 12.1 Å². The van der Waals surface area contributed by atoms with E-state index < -0.39 is 0 Å². The van der Waals surface area contributed by atoms with Gasteiger partial charge in [0.15, 0.2) is 0 Å². The van der Waals surface area contributed by atoms with Crippen LogP contribution in [0.2, 0.25) is 0 Å². The van der Waals surface area contributed by atoms with Gasteiger partial charge in [0.25, 0.3) is 0 Å². The fraction of sp³-hybridized carbons (Fsp3) is 0.400. The molecule has 3 rings (SSSR count). The first kappa shape index (κ1) is 20.2. The molecule has 1 aliphatic carbocycles. The number of rotatable bonds is 2. The van der Waals surface area contributed by atoms with Crippen LogP contribution in [0.3, 0.4) is 0 Å². The monoisotopic (exact) mass is 377 g/mol. The molecule has 0 radical (unpaired) electrons. The number of nitrogens with two attached hydrogens (primary N) is 1. The lowest BCUT2D eigenvalue weighted by molar-refractivity contribution is 0.348. The topological polar surface area (TPSA) is 66.5 Å². The van der Waals surface area contributed by atoms with Crippen molar-refractivity contribution in [3.8, 4) is 16.9 Å². The van der Waals surface area contributed by atoms with E-state index in [9.17, 15) is 5.11 Å². The minimum absolute atomic E-state index is 0.288. The van der Waals surface area contributed by atoms with Crippen LogP contribution in [0.15, 0.2) is 30.3 Å². The van der Waals surface area contributed by atoms with E-state index in [4.69, 9.17) is 10.8 Å². The summed E-state index contributed by atoms with van der Waals surface area (Å²) in [4.78, 5) is 0.